The Hall–Kier alpha value is -2.36. The molecule has 0 radical (unpaired) electrons. The first-order chi connectivity index (χ1) is 13.9. The van der Waals surface area contributed by atoms with Crippen molar-refractivity contribution in [3.05, 3.63) is 41.7 Å². The Morgan fingerprint density at radius 2 is 1.83 bits per heavy atom. The van der Waals surface area contributed by atoms with Gasteiger partial charge in [-0.2, -0.15) is 4.31 Å². The average molecular weight is 422 g/mol. The minimum Gasteiger partial charge on any atom is -0.438 e. The molecule has 0 spiro atoms. The Morgan fingerprint density at radius 1 is 1.14 bits per heavy atom. The van der Waals surface area contributed by atoms with Crippen LogP contribution in [0.1, 0.15) is 30.0 Å². The molecule has 1 aromatic heterocycles. The second-order valence-corrected chi connectivity index (χ2v) is 8.63. The summed E-state index contributed by atoms with van der Waals surface area (Å²) in [6, 6.07) is 8.50. The van der Waals surface area contributed by atoms with Crippen LogP contribution in [-0.4, -0.2) is 58.0 Å². The van der Waals surface area contributed by atoms with E-state index in [0.717, 1.165) is 24.3 Å². The fourth-order valence-corrected chi connectivity index (χ4v) is 4.57. The van der Waals surface area contributed by atoms with Crippen molar-refractivity contribution >= 4 is 27.3 Å². The maximum atomic E-state index is 12.6. The van der Waals surface area contributed by atoms with Gasteiger partial charge >= 0.3 is 0 Å². The van der Waals surface area contributed by atoms with E-state index in [-0.39, 0.29) is 23.9 Å². The van der Waals surface area contributed by atoms with Crippen LogP contribution in [0.2, 0.25) is 0 Å². The smallest absolute Gasteiger partial charge is 0.291 e. The third-order valence-electron chi connectivity index (χ3n) is 4.96. The topological polar surface area (TPSA) is 92.1 Å². The largest absolute Gasteiger partial charge is 0.438 e. The van der Waals surface area contributed by atoms with Crippen LogP contribution in [0.5, 0.6) is 0 Å². The molecule has 1 saturated heterocycles. The first kappa shape index (κ1) is 21.4. The van der Waals surface area contributed by atoms with E-state index in [1.807, 2.05) is 25.1 Å². The van der Waals surface area contributed by atoms with E-state index in [2.05, 4.69) is 24.1 Å². The summed E-state index contributed by atoms with van der Waals surface area (Å²) in [4.78, 5) is 14.8. The summed E-state index contributed by atoms with van der Waals surface area (Å²) in [6.07, 6.45) is 0. The molecule has 1 fully saturated rings. The van der Waals surface area contributed by atoms with Gasteiger partial charge < -0.3 is 19.4 Å². The highest BCUT2D eigenvalue weighted by Crippen LogP contribution is 2.24. The van der Waals surface area contributed by atoms with Crippen molar-refractivity contribution in [3.8, 4) is 0 Å². The van der Waals surface area contributed by atoms with Crippen molar-refractivity contribution in [2.24, 2.45) is 0 Å². The Balaban J connectivity index is 1.74. The molecular weight excluding hydrogens is 394 g/mol. The molecule has 2 heterocycles. The van der Waals surface area contributed by atoms with E-state index in [9.17, 15) is 13.2 Å². The average Bonchev–Trinajstić information content (AvgIpc) is 3.23. The molecule has 1 amide bonds. The second-order valence-electron chi connectivity index (χ2n) is 6.76. The minimum absolute atomic E-state index is 0.0518. The molecule has 1 N–H and O–H groups in total. The van der Waals surface area contributed by atoms with Crippen LogP contribution in [0.3, 0.4) is 0 Å². The third-order valence-corrected chi connectivity index (χ3v) is 6.73. The monoisotopic (exact) mass is 421 g/mol. The number of carbonyl (C=O) groups is 1. The Labute approximate surface area is 171 Å². The van der Waals surface area contributed by atoms with Gasteiger partial charge in [-0.25, -0.2) is 8.42 Å². The van der Waals surface area contributed by atoms with Gasteiger partial charge in [0.15, 0.2) is 5.76 Å². The highest BCUT2D eigenvalue weighted by molar-refractivity contribution is 7.89. The maximum absolute atomic E-state index is 12.6. The lowest BCUT2D eigenvalue weighted by Crippen LogP contribution is -2.40. The summed E-state index contributed by atoms with van der Waals surface area (Å²) >= 11 is 0. The van der Waals surface area contributed by atoms with E-state index in [0.29, 0.717) is 18.9 Å². The number of aryl methyl sites for hydroxylation is 1. The van der Waals surface area contributed by atoms with Crippen molar-refractivity contribution in [1.82, 2.24) is 4.31 Å². The standard InChI is InChI=1S/C20H27N3O5S/c1-4-22(5-2)16-6-7-17(15(3)14-16)21-20(24)18-8-9-19(28-18)29(25,26)23-10-12-27-13-11-23/h6-9,14H,4-5,10-13H2,1-3H3,(H,21,24). The van der Waals surface area contributed by atoms with E-state index in [1.165, 1.54) is 16.4 Å². The fraction of sp³-hybridized carbons (Fsp3) is 0.450. The fourth-order valence-electron chi connectivity index (χ4n) is 3.25. The zero-order valence-electron chi connectivity index (χ0n) is 17.0. The van der Waals surface area contributed by atoms with Crippen LogP contribution < -0.4 is 10.2 Å². The maximum Gasteiger partial charge on any atom is 0.291 e. The zero-order valence-corrected chi connectivity index (χ0v) is 17.8. The molecule has 2 aromatic rings. The lowest BCUT2D eigenvalue weighted by Gasteiger charge is -2.24. The second kappa shape index (κ2) is 8.98. The molecule has 9 heteroatoms. The summed E-state index contributed by atoms with van der Waals surface area (Å²) < 4.78 is 37.1. The van der Waals surface area contributed by atoms with Crippen molar-refractivity contribution in [1.29, 1.82) is 0 Å². The van der Waals surface area contributed by atoms with Crippen molar-refractivity contribution < 1.29 is 22.4 Å². The molecule has 1 aromatic carbocycles. The minimum atomic E-state index is -3.78. The van der Waals surface area contributed by atoms with E-state index in [1.54, 1.807) is 0 Å². The van der Waals surface area contributed by atoms with Gasteiger partial charge in [-0.1, -0.05) is 0 Å². The Bertz CT molecular complexity index is 960. The molecule has 1 aliphatic heterocycles. The Kier molecular flexibility index (Phi) is 6.61. The number of benzene rings is 1. The normalized spacial score (nSPS) is 15.3. The number of nitrogens with zero attached hydrogens (tertiary/aromatic N) is 2. The predicted octanol–water partition coefficient (Wildman–Crippen LogP) is 2.71. The number of nitrogens with one attached hydrogen (secondary N) is 1. The molecule has 3 rings (SSSR count). The van der Waals surface area contributed by atoms with E-state index >= 15 is 0 Å². The molecule has 0 bridgehead atoms. The van der Waals surface area contributed by atoms with Gasteiger partial charge in [-0.3, -0.25) is 4.79 Å². The SMILES string of the molecule is CCN(CC)c1ccc(NC(=O)c2ccc(S(=O)(=O)N3CCOCC3)o2)c(C)c1. The van der Waals surface area contributed by atoms with Crippen molar-refractivity contribution in [2.75, 3.05) is 49.6 Å². The number of anilines is 2. The number of hydrogen-bond donors (Lipinski definition) is 1. The predicted molar refractivity (Wildman–Crippen MR) is 111 cm³/mol. The van der Waals surface area contributed by atoms with Crippen molar-refractivity contribution in [3.63, 3.8) is 0 Å². The quantitative estimate of drug-likeness (QED) is 0.739. The molecule has 0 saturated carbocycles. The first-order valence-electron chi connectivity index (χ1n) is 9.71. The summed E-state index contributed by atoms with van der Waals surface area (Å²) in [6.45, 7) is 9.11. The molecule has 0 unspecified atom stereocenters. The molecule has 0 aliphatic carbocycles. The molecule has 8 nitrogen and oxygen atoms in total. The van der Waals surface area contributed by atoms with Gasteiger partial charge in [-0.15, -0.1) is 0 Å². The summed E-state index contributed by atoms with van der Waals surface area (Å²) in [5.41, 5.74) is 2.65. The molecule has 158 valence electrons. The van der Waals surface area contributed by atoms with Crippen LogP contribution in [0.25, 0.3) is 0 Å². The number of furan rings is 1. The van der Waals surface area contributed by atoms with Crippen molar-refractivity contribution in [2.45, 2.75) is 25.9 Å². The van der Waals surface area contributed by atoms with E-state index in [4.69, 9.17) is 9.15 Å². The number of sulfonamides is 1. The van der Waals surface area contributed by atoms with Crippen LogP contribution in [0.4, 0.5) is 11.4 Å². The number of amides is 1. The summed E-state index contributed by atoms with van der Waals surface area (Å²) in [7, 11) is -3.78. The number of ether oxygens (including phenoxy) is 1. The summed E-state index contributed by atoms with van der Waals surface area (Å²) in [5.74, 6) is -0.545. The van der Waals surface area contributed by atoms with Gasteiger partial charge in [0.1, 0.15) is 0 Å². The van der Waals surface area contributed by atoms with E-state index < -0.39 is 15.9 Å². The van der Waals surface area contributed by atoms with Gasteiger partial charge in [0.2, 0.25) is 5.09 Å². The van der Waals surface area contributed by atoms with Crippen LogP contribution in [0, 0.1) is 6.92 Å². The van der Waals surface area contributed by atoms with Gasteiger partial charge in [-0.05, 0) is 56.7 Å². The van der Waals surface area contributed by atoms with Gasteiger partial charge in [0.05, 0.1) is 13.2 Å². The van der Waals surface area contributed by atoms with Crippen LogP contribution in [-0.2, 0) is 14.8 Å². The molecular formula is C20H27N3O5S. The number of rotatable bonds is 7. The first-order valence-corrected chi connectivity index (χ1v) is 11.2. The van der Waals surface area contributed by atoms with Crippen LogP contribution >= 0.6 is 0 Å². The lowest BCUT2D eigenvalue weighted by molar-refractivity contribution is 0.0723. The highest BCUT2D eigenvalue weighted by atomic mass is 32.2. The number of morpholine rings is 1. The van der Waals surface area contributed by atoms with Gasteiger partial charge in [0, 0.05) is 37.6 Å². The third kappa shape index (κ3) is 4.63. The number of hydrogen-bond acceptors (Lipinski definition) is 6. The zero-order chi connectivity index (χ0) is 21.0. The Morgan fingerprint density at radius 3 is 2.45 bits per heavy atom. The lowest BCUT2D eigenvalue weighted by atomic mass is 10.1. The molecule has 1 aliphatic rings. The van der Waals surface area contributed by atoms with Crippen LogP contribution in [0.15, 0.2) is 39.8 Å². The summed E-state index contributed by atoms with van der Waals surface area (Å²) in [5, 5.41) is 2.56. The molecule has 0 atom stereocenters. The van der Waals surface area contributed by atoms with Gasteiger partial charge in [0.25, 0.3) is 15.9 Å². The highest BCUT2D eigenvalue weighted by Gasteiger charge is 2.30. The molecule has 29 heavy (non-hydrogen) atoms. The number of carbonyl (C=O) groups excluding carboxylic acids is 1.